The number of nitrogens with one attached hydrogen (secondary N) is 1. The summed E-state index contributed by atoms with van der Waals surface area (Å²) in [5.74, 6) is -0.594. The molecule has 1 N–H and O–H groups in total. The van der Waals surface area contributed by atoms with Crippen LogP contribution in [0.2, 0.25) is 0 Å². The Labute approximate surface area is 132 Å². The minimum Gasteiger partial charge on any atom is -0.323 e. The molecule has 0 saturated carbocycles. The number of rotatable bonds is 4. The Morgan fingerprint density at radius 3 is 2.71 bits per heavy atom. The number of hydrogen-bond acceptors (Lipinski definition) is 6. The average molecular weight is 338 g/mol. The maximum atomic E-state index is 12.9. The maximum absolute atomic E-state index is 12.9. The van der Waals surface area contributed by atoms with E-state index in [0.717, 1.165) is 16.8 Å². The third-order valence-electron chi connectivity index (χ3n) is 2.96. The van der Waals surface area contributed by atoms with Gasteiger partial charge in [0.05, 0.1) is 16.9 Å². The van der Waals surface area contributed by atoms with E-state index in [4.69, 9.17) is 0 Å². The maximum Gasteiger partial charge on any atom is 0.416 e. The van der Waals surface area contributed by atoms with Crippen LogP contribution in [-0.2, 0) is 17.5 Å². The number of alkyl halides is 3. The van der Waals surface area contributed by atoms with Gasteiger partial charge in [0.1, 0.15) is 25.5 Å². The molecule has 124 valence electrons. The zero-order valence-electron chi connectivity index (χ0n) is 11.8. The lowest BCUT2D eigenvalue weighted by atomic mass is 10.1. The summed E-state index contributed by atoms with van der Waals surface area (Å²) in [5, 5.41) is 16.5. The van der Waals surface area contributed by atoms with Crippen LogP contribution in [0.5, 0.6) is 0 Å². The first kappa shape index (κ1) is 15.6. The Morgan fingerprint density at radius 2 is 2.08 bits per heavy atom. The van der Waals surface area contributed by atoms with E-state index in [1.807, 2.05) is 0 Å². The average Bonchev–Trinajstić information content (AvgIpc) is 3.19. The largest absolute Gasteiger partial charge is 0.416 e. The van der Waals surface area contributed by atoms with Crippen LogP contribution in [0, 0.1) is 0 Å². The molecule has 0 aliphatic carbocycles. The van der Waals surface area contributed by atoms with Crippen LogP contribution in [-0.4, -0.2) is 40.9 Å². The van der Waals surface area contributed by atoms with Crippen LogP contribution in [0.1, 0.15) is 5.56 Å². The summed E-state index contributed by atoms with van der Waals surface area (Å²) in [6.45, 7) is -0.250. The lowest BCUT2D eigenvalue weighted by Crippen LogP contribution is -2.21. The van der Waals surface area contributed by atoms with Gasteiger partial charge in [-0.15, -0.1) is 5.10 Å². The Morgan fingerprint density at radius 1 is 1.25 bits per heavy atom. The first-order valence-electron chi connectivity index (χ1n) is 6.50. The second-order valence-corrected chi connectivity index (χ2v) is 4.63. The van der Waals surface area contributed by atoms with Gasteiger partial charge < -0.3 is 5.32 Å². The molecule has 1 aromatic carbocycles. The predicted octanol–water partition coefficient (Wildman–Crippen LogP) is 0.911. The molecule has 2 heterocycles. The first-order valence-corrected chi connectivity index (χ1v) is 6.50. The zero-order chi connectivity index (χ0) is 17.2. The quantitative estimate of drug-likeness (QED) is 0.758. The Kier molecular flexibility index (Phi) is 3.93. The molecule has 1 amide bonds. The van der Waals surface area contributed by atoms with Gasteiger partial charge >= 0.3 is 6.18 Å². The highest BCUT2D eigenvalue weighted by Gasteiger charge is 2.31. The molecule has 0 radical (unpaired) electrons. The molecule has 12 heteroatoms. The van der Waals surface area contributed by atoms with Crippen molar-refractivity contribution in [1.29, 1.82) is 0 Å². The Balaban J connectivity index is 1.92. The molecule has 2 aromatic heterocycles. The van der Waals surface area contributed by atoms with E-state index in [1.165, 1.54) is 29.7 Å². The summed E-state index contributed by atoms with van der Waals surface area (Å²) in [5.41, 5.74) is -0.719. The van der Waals surface area contributed by atoms with Crippen molar-refractivity contribution < 1.29 is 18.0 Å². The van der Waals surface area contributed by atoms with Crippen LogP contribution in [0.15, 0.2) is 37.2 Å². The van der Waals surface area contributed by atoms with Gasteiger partial charge in [0.2, 0.25) is 5.91 Å². The van der Waals surface area contributed by atoms with E-state index in [2.05, 4.69) is 30.9 Å². The van der Waals surface area contributed by atoms with Crippen LogP contribution in [0.3, 0.4) is 0 Å². The van der Waals surface area contributed by atoms with Gasteiger partial charge in [0, 0.05) is 0 Å². The van der Waals surface area contributed by atoms with Crippen molar-refractivity contribution in [2.24, 2.45) is 0 Å². The second kappa shape index (κ2) is 6.06. The van der Waals surface area contributed by atoms with E-state index >= 15 is 0 Å². The Bertz CT molecular complexity index is 829. The summed E-state index contributed by atoms with van der Waals surface area (Å²) in [6.07, 6.45) is -0.801. The topological polar surface area (TPSA) is 103 Å². The smallest absolute Gasteiger partial charge is 0.323 e. The Hall–Kier alpha value is -3.31. The number of anilines is 1. The van der Waals surface area contributed by atoms with E-state index < -0.39 is 17.6 Å². The highest BCUT2D eigenvalue weighted by Crippen LogP contribution is 2.33. The molecule has 3 rings (SSSR count). The molecule has 0 bridgehead atoms. The van der Waals surface area contributed by atoms with E-state index in [1.54, 1.807) is 0 Å². The van der Waals surface area contributed by atoms with Crippen molar-refractivity contribution in [2.45, 2.75) is 12.7 Å². The van der Waals surface area contributed by atoms with Crippen molar-refractivity contribution in [1.82, 2.24) is 35.0 Å². The zero-order valence-corrected chi connectivity index (χ0v) is 11.8. The molecule has 0 aliphatic rings. The van der Waals surface area contributed by atoms with Crippen molar-refractivity contribution in [3.05, 3.63) is 42.7 Å². The van der Waals surface area contributed by atoms with Crippen molar-refractivity contribution in [2.75, 3.05) is 5.32 Å². The fourth-order valence-corrected chi connectivity index (χ4v) is 1.93. The van der Waals surface area contributed by atoms with E-state index in [-0.39, 0.29) is 17.9 Å². The molecule has 0 saturated heterocycles. The number of amides is 1. The van der Waals surface area contributed by atoms with Gasteiger partial charge in [-0.3, -0.25) is 4.79 Å². The summed E-state index contributed by atoms with van der Waals surface area (Å²) in [7, 11) is 0. The van der Waals surface area contributed by atoms with Gasteiger partial charge in [0.25, 0.3) is 0 Å². The number of aromatic nitrogens is 7. The summed E-state index contributed by atoms with van der Waals surface area (Å²) in [4.78, 5) is 15.7. The van der Waals surface area contributed by atoms with Crippen molar-refractivity contribution >= 4 is 11.6 Å². The van der Waals surface area contributed by atoms with Crippen LogP contribution in [0.4, 0.5) is 18.9 Å². The lowest BCUT2D eigenvalue weighted by Gasteiger charge is -2.14. The molecule has 24 heavy (non-hydrogen) atoms. The van der Waals surface area contributed by atoms with Crippen LogP contribution in [0.25, 0.3) is 5.69 Å². The van der Waals surface area contributed by atoms with E-state index in [0.29, 0.717) is 0 Å². The van der Waals surface area contributed by atoms with Crippen molar-refractivity contribution in [3.8, 4) is 5.69 Å². The standard InChI is InChI=1S/C12H9F3N8O/c13-12(14,15)8-1-2-10(23-6-16-5-18-23)9(3-8)19-11(24)4-22-7-17-20-21-22/h1-3,5-7H,4H2,(H,19,24). The van der Waals surface area contributed by atoms with Crippen LogP contribution >= 0.6 is 0 Å². The fraction of sp³-hybridized carbons (Fsp3) is 0.167. The number of tetrazole rings is 1. The molecule has 0 fully saturated rings. The summed E-state index contributed by atoms with van der Waals surface area (Å²) in [6, 6.07) is 2.92. The minimum absolute atomic E-state index is 0.0617. The number of nitrogens with zero attached hydrogens (tertiary/aromatic N) is 7. The number of benzene rings is 1. The molecule has 0 atom stereocenters. The number of carbonyl (C=O) groups excluding carboxylic acids is 1. The minimum atomic E-state index is -4.55. The molecule has 0 aliphatic heterocycles. The SMILES string of the molecule is O=C(Cn1cnnn1)Nc1cc(C(F)(F)F)ccc1-n1cncn1. The monoisotopic (exact) mass is 338 g/mol. The lowest BCUT2D eigenvalue weighted by molar-refractivity contribution is -0.137. The number of halogens is 3. The van der Waals surface area contributed by atoms with Crippen LogP contribution < -0.4 is 5.32 Å². The van der Waals surface area contributed by atoms with Crippen molar-refractivity contribution in [3.63, 3.8) is 0 Å². The molecule has 0 unspecified atom stereocenters. The predicted molar refractivity (Wildman–Crippen MR) is 72.8 cm³/mol. The summed E-state index contributed by atoms with van der Waals surface area (Å²) < 4.78 is 41.1. The third-order valence-corrected chi connectivity index (χ3v) is 2.96. The van der Waals surface area contributed by atoms with E-state index in [9.17, 15) is 18.0 Å². The van der Waals surface area contributed by atoms with Gasteiger partial charge in [-0.25, -0.2) is 14.3 Å². The van der Waals surface area contributed by atoms with Gasteiger partial charge in [-0.05, 0) is 28.6 Å². The van der Waals surface area contributed by atoms with Gasteiger partial charge in [-0.1, -0.05) is 0 Å². The molecule has 0 spiro atoms. The molecular weight excluding hydrogens is 329 g/mol. The molecule has 9 nitrogen and oxygen atoms in total. The highest BCUT2D eigenvalue weighted by molar-refractivity contribution is 5.92. The highest BCUT2D eigenvalue weighted by atomic mass is 19.4. The third kappa shape index (κ3) is 3.37. The molecule has 3 aromatic rings. The molecular formula is C12H9F3N8O. The van der Waals surface area contributed by atoms with Gasteiger partial charge in [-0.2, -0.15) is 18.3 Å². The normalized spacial score (nSPS) is 11.5. The number of carbonyl (C=O) groups is 1. The summed E-state index contributed by atoms with van der Waals surface area (Å²) >= 11 is 0. The van der Waals surface area contributed by atoms with Gasteiger partial charge in [0.15, 0.2) is 0 Å². The fourth-order valence-electron chi connectivity index (χ4n) is 1.93. The second-order valence-electron chi connectivity index (χ2n) is 4.63. The first-order chi connectivity index (χ1) is 11.4. The number of hydrogen-bond donors (Lipinski definition) is 1.